The first-order valence-corrected chi connectivity index (χ1v) is 11.4. The SMILES string of the molecule is CCCC1(CCC)C(OC)=CC2(C=C1OC)CCN(CCCCCN(C)C)C2. The van der Waals surface area contributed by atoms with Gasteiger partial charge in [-0.15, -0.1) is 0 Å². The van der Waals surface area contributed by atoms with Crippen LogP contribution in [0.25, 0.3) is 0 Å². The van der Waals surface area contributed by atoms with Crippen LogP contribution in [0.5, 0.6) is 0 Å². The van der Waals surface area contributed by atoms with E-state index in [-0.39, 0.29) is 10.8 Å². The number of likely N-dealkylation sites (tertiary alicyclic amines) is 1. The van der Waals surface area contributed by atoms with Crippen LogP contribution in [-0.2, 0) is 9.47 Å². The van der Waals surface area contributed by atoms with E-state index in [4.69, 9.17) is 9.47 Å². The van der Waals surface area contributed by atoms with Crippen molar-refractivity contribution in [2.75, 3.05) is 54.5 Å². The van der Waals surface area contributed by atoms with E-state index in [9.17, 15) is 0 Å². The Bertz CT molecular complexity index is 509. The molecule has 28 heavy (non-hydrogen) atoms. The molecule has 0 bridgehead atoms. The number of hydrogen-bond donors (Lipinski definition) is 0. The van der Waals surface area contributed by atoms with Crippen molar-refractivity contribution >= 4 is 0 Å². The molecule has 0 amide bonds. The van der Waals surface area contributed by atoms with E-state index in [1.165, 1.54) is 45.3 Å². The molecule has 162 valence electrons. The monoisotopic (exact) mass is 392 g/mol. The van der Waals surface area contributed by atoms with Crippen molar-refractivity contribution in [2.45, 2.75) is 65.2 Å². The molecule has 0 N–H and O–H groups in total. The van der Waals surface area contributed by atoms with Crippen LogP contribution in [0.4, 0.5) is 0 Å². The van der Waals surface area contributed by atoms with Gasteiger partial charge in [-0.2, -0.15) is 0 Å². The third-order valence-electron chi connectivity index (χ3n) is 6.56. The Morgan fingerprint density at radius 2 is 1.57 bits per heavy atom. The van der Waals surface area contributed by atoms with Gasteiger partial charge in [-0.05, 0) is 78.0 Å². The summed E-state index contributed by atoms with van der Waals surface area (Å²) in [5.74, 6) is 2.28. The summed E-state index contributed by atoms with van der Waals surface area (Å²) in [5, 5.41) is 0. The van der Waals surface area contributed by atoms with Gasteiger partial charge >= 0.3 is 0 Å². The molecule has 1 fully saturated rings. The van der Waals surface area contributed by atoms with Crippen molar-refractivity contribution < 1.29 is 9.47 Å². The van der Waals surface area contributed by atoms with Crippen molar-refractivity contribution in [1.29, 1.82) is 0 Å². The summed E-state index contributed by atoms with van der Waals surface area (Å²) in [6.07, 6.45) is 14.4. The maximum absolute atomic E-state index is 6.02. The highest BCUT2D eigenvalue weighted by Crippen LogP contribution is 2.53. The Morgan fingerprint density at radius 1 is 0.964 bits per heavy atom. The second-order valence-corrected chi connectivity index (χ2v) is 9.13. The fraction of sp³-hybridized carbons (Fsp3) is 0.833. The zero-order chi connectivity index (χ0) is 20.6. The molecule has 2 rings (SSSR count). The number of hydrogen-bond acceptors (Lipinski definition) is 4. The molecule has 0 saturated carbocycles. The normalized spacial score (nSPS) is 21.1. The lowest BCUT2D eigenvalue weighted by molar-refractivity contribution is 0.0936. The van der Waals surface area contributed by atoms with Gasteiger partial charge in [0.25, 0.3) is 0 Å². The summed E-state index contributed by atoms with van der Waals surface area (Å²) < 4.78 is 12.0. The summed E-state index contributed by atoms with van der Waals surface area (Å²) >= 11 is 0. The lowest BCUT2D eigenvalue weighted by Crippen LogP contribution is -2.36. The molecule has 1 heterocycles. The number of ether oxygens (including phenoxy) is 2. The molecule has 0 unspecified atom stereocenters. The quantitative estimate of drug-likeness (QED) is 0.433. The largest absolute Gasteiger partial charge is 0.500 e. The van der Waals surface area contributed by atoms with E-state index >= 15 is 0 Å². The molecule has 2 aliphatic rings. The number of methoxy groups -OCH3 is 2. The van der Waals surface area contributed by atoms with Crippen LogP contribution in [0.1, 0.15) is 65.2 Å². The van der Waals surface area contributed by atoms with Crippen LogP contribution in [0.2, 0.25) is 0 Å². The molecule has 1 saturated heterocycles. The van der Waals surface area contributed by atoms with Crippen molar-refractivity contribution in [3.05, 3.63) is 23.7 Å². The minimum Gasteiger partial charge on any atom is -0.500 e. The van der Waals surface area contributed by atoms with Gasteiger partial charge in [0.1, 0.15) is 11.5 Å². The van der Waals surface area contributed by atoms with Gasteiger partial charge in [-0.25, -0.2) is 0 Å². The van der Waals surface area contributed by atoms with Gasteiger partial charge in [0.15, 0.2) is 0 Å². The van der Waals surface area contributed by atoms with Gasteiger partial charge in [-0.1, -0.05) is 33.1 Å². The number of unbranched alkanes of at least 4 members (excludes halogenated alkanes) is 2. The highest BCUT2D eigenvalue weighted by molar-refractivity contribution is 5.35. The third-order valence-corrected chi connectivity index (χ3v) is 6.56. The first-order chi connectivity index (χ1) is 13.4. The second kappa shape index (κ2) is 10.7. The summed E-state index contributed by atoms with van der Waals surface area (Å²) in [4.78, 5) is 4.91. The smallest absolute Gasteiger partial charge is 0.106 e. The minimum absolute atomic E-state index is 0.0716. The summed E-state index contributed by atoms with van der Waals surface area (Å²) in [7, 11) is 8.00. The fourth-order valence-electron chi connectivity index (χ4n) is 5.25. The molecule has 0 radical (unpaired) electrons. The Kier molecular flexibility index (Phi) is 8.88. The van der Waals surface area contributed by atoms with E-state index in [0.717, 1.165) is 43.7 Å². The molecule has 0 aromatic carbocycles. The highest BCUT2D eigenvalue weighted by Gasteiger charge is 2.48. The van der Waals surface area contributed by atoms with E-state index in [2.05, 4.69) is 49.9 Å². The Hall–Kier alpha value is -1.00. The summed E-state index contributed by atoms with van der Waals surface area (Å²) in [6.45, 7) is 9.18. The van der Waals surface area contributed by atoms with Gasteiger partial charge in [0.2, 0.25) is 0 Å². The molecular formula is C24H44N2O2. The van der Waals surface area contributed by atoms with Crippen molar-refractivity contribution in [3.63, 3.8) is 0 Å². The maximum Gasteiger partial charge on any atom is 0.106 e. The van der Waals surface area contributed by atoms with E-state index in [1.54, 1.807) is 0 Å². The zero-order valence-electron chi connectivity index (χ0n) is 19.4. The molecule has 1 spiro atoms. The molecule has 4 nitrogen and oxygen atoms in total. The fourth-order valence-corrected chi connectivity index (χ4v) is 5.25. The molecule has 4 heteroatoms. The zero-order valence-corrected chi connectivity index (χ0v) is 19.4. The van der Waals surface area contributed by atoms with E-state index in [0.29, 0.717) is 0 Å². The standard InChI is InChI=1S/C24H44N2O2/c1-7-12-24(13-8-2)21(27-5)18-23(19-22(24)28-6)14-17-26(20-23)16-11-9-10-15-25(3)4/h18-19H,7-17,20H2,1-6H3. The molecule has 0 atom stereocenters. The molecule has 1 aliphatic carbocycles. The van der Waals surface area contributed by atoms with Crippen LogP contribution >= 0.6 is 0 Å². The average Bonchev–Trinajstić information content (AvgIpc) is 3.05. The van der Waals surface area contributed by atoms with Crippen LogP contribution < -0.4 is 0 Å². The first kappa shape index (κ1) is 23.3. The van der Waals surface area contributed by atoms with Crippen LogP contribution in [0, 0.1) is 10.8 Å². The van der Waals surface area contributed by atoms with Crippen molar-refractivity contribution in [3.8, 4) is 0 Å². The predicted molar refractivity (Wildman–Crippen MR) is 118 cm³/mol. The Labute approximate surface area is 173 Å². The molecule has 0 aromatic rings. The Balaban J connectivity index is 2.08. The number of rotatable bonds is 12. The van der Waals surface area contributed by atoms with Crippen molar-refractivity contribution in [2.24, 2.45) is 10.8 Å². The highest BCUT2D eigenvalue weighted by atomic mass is 16.5. The van der Waals surface area contributed by atoms with Gasteiger partial charge < -0.3 is 19.3 Å². The van der Waals surface area contributed by atoms with Gasteiger partial charge in [0, 0.05) is 12.0 Å². The topological polar surface area (TPSA) is 24.9 Å². The predicted octanol–water partition coefficient (Wildman–Crippen LogP) is 5.07. The average molecular weight is 393 g/mol. The minimum atomic E-state index is -0.0716. The van der Waals surface area contributed by atoms with Gasteiger partial charge in [0.05, 0.1) is 19.6 Å². The summed E-state index contributed by atoms with van der Waals surface area (Å²) in [5.41, 5.74) is 0.00313. The summed E-state index contributed by atoms with van der Waals surface area (Å²) in [6, 6.07) is 0. The van der Waals surface area contributed by atoms with E-state index < -0.39 is 0 Å². The number of nitrogens with zero attached hydrogens (tertiary/aromatic N) is 2. The Morgan fingerprint density at radius 3 is 2.07 bits per heavy atom. The molecular weight excluding hydrogens is 348 g/mol. The van der Waals surface area contributed by atoms with E-state index in [1.807, 2.05) is 14.2 Å². The van der Waals surface area contributed by atoms with Crippen LogP contribution in [0.3, 0.4) is 0 Å². The maximum atomic E-state index is 6.02. The molecule has 0 aromatic heterocycles. The molecule has 1 aliphatic heterocycles. The van der Waals surface area contributed by atoms with Gasteiger partial charge in [-0.3, -0.25) is 0 Å². The van der Waals surface area contributed by atoms with Crippen molar-refractivity contribution in [1.82, 2.24) is 9.80 Å². The lowest BCUT2D eigenvalue weighted by atomic mass is 9.67. The lowest BCUT2D eigenvalue weighted by Gasteiger charge is -2.42. The first-order valence-electron chi connectivity index (χ1n) is 11.4. The van der Waals surface area contributed by atoms with Crippen LogP contribution in [0.15, 0.2) is 23.7 Å². The van der Waals surface area contributed by atoms with Crippen LogP contribution in [-0.4, -0.2) is 64.3 Å². The third kappa shape index (κ3) is 5.33. The second-order valence-electron chi connectivity index (χ2n) is 9.13.